The van der Waals surface area contributed by atoms with Crippen molar-refractivity contribution in [3.63, 3.8) is 0 Å². The highest BCUT2D eigenvalue weighted by Crippen LogP contribution is 2.48. The first kappa shape index (κ1) is 15.2. The second-order valence-electron chi connectivity index (χ2n) is 6.35. The number of halogens is 1. The van der Waals surface area contributed by atoms with E-state index in [0.717, 1.165) is 41.7 Å². The number of methoxy groups -OCH3 is 1. The van der Waals surface area contributed by atoms with Crippen molar-refractivity contribution in [3.05, 3.63) is 22.2 Å². The normalized spacial score (nSPS) is 21.1. The standard InChI is InChI=1S/C17H24BrNO2/c1-20-15-10-12(18)9-14(16(15)21-13-5-6-13)17(11-19)7-3-2-4-8-17/h9-10,13H,2-8,11,19H2,1H3. The molecule has 3 nitrogen and oxygen atoms in total. The van der Waals surface area contributed by atoms with Crippen LogP contribution in [-0.2, 0) is 5.41 Å². The molecule has 0 atom stereocenters. The zero-order valence-corrected chi connectivity index (χ0v) is 14.2. The van der Waals surface area contributed by atoms with Gasteiger partial charge in [0.1, 0.15) is 0 Å². The smallest absolute Gasteiger partial charge is 0.165 e. The number of ether oxygens (including phenoxy) is 2. The number of benzene rings is 1. The lowest BCUT2D eigenvalue weighted by molar-refractivity contribution is 0.251. The topological polar surface area (TPSA) is 44.5 Å². The fourth-order valence-electron chi connectivity index (χ4n) is 3.40. The Morgan fingerprint density at radius 3 is 2.52 bits per heavy atom. The summed E-state index contributed by atoms with van der Waals surface area (Å²) >= 11 is 3.61. The highest BCUT2D eigenvalue weighted by molar-refractivity contribution is 9.10. The van der Waals surface area contributed by atoms with Gasteiger partial charge in [-0.1, -0.05) is 35.2 Å². The zero-order chi connectivity index (χ0) is 14.9. The predicted molar refractivity (Wildman–Crippen MR) is 88.2 cm³/mol. The first-order chi connectivity index (χ1) is 10.2. The Hall–Kier alpha value is -0.740. The van der Waals surface area contributed by atoms with Crippen LogP contribution in [-0.4, -0.2) is 19.8 Å². The average Bonchev–Trinajstić information content (AvgIpc) is 3.33. The van der Waals surface area contributed by atoms with Gasteiger partial charge in [0.2, 0.25) is 0 Å². The summed E-state index contributed by atoms with van der Waals surface area (Å²) in [6, 6.07) is 4.19. The lowest BCUT2D eigenvalue weighted by atomic mass is 9.69. The number of rotatable bonds is 5. The molecule has 2 aliphatic carbocycles. The second kappa shape index (κ2) is 6.17. The van der Waals surface area contributed by atoms with E-state index in [2.05, 4.69) is 22.0 Å². The maximum absolute atomic E-state index is 6.22. The molecule has 0 heterocycles. The van der Waals surface area contributed by atoms with Crippen molar-refractivity contribution in [1.82, 2.24) is 0 Å². The van der Waals surface area contributed by atoms with Crippen molar-refractivity contribution in [1.29, 1.82) is 0 Å². The van der Waals surface area contributed by atoms with Gasteiger partial charge in [-0.25, -0.2) is 0 Å². The van der Waals surface area contributed by atoms with Crippen molar-refractivity contribution in [2.24, 2.45) is 5.73 Å². The number of nitrogens with two attached hydrogens (primary N) is 1. The Labute approximate surface area is 135 Å². The Bertz CT molecular complexity index is 508. The Morgan fingerprint density at radius 2 is 1.95 bits per heavy atom. The Morgan fingerprint density at radius 1 is 1.24 bits per heavy atom. The van der Waals surface area contributed by atoms with Gasteiger partial charge in [0.15, 0.2) is 11.5 Å². The summed E-state index contributed by atoms with van der Waals surface area (Å²) in [7, 11) is 1.71. The number of hydrogen-bond acceptors (Lipinski definition) is 3. The molecule has 0 saturated heterocycles. The highest BCUT2D eigenvalue weighted by atomic mass is 79.9. The molecule has 2 aliphatic rings. The van der Waals surface area contributed by atoms with Gasteiger partial charge in [0.05, 0.1) is 13.2 Å². The number of hydrogen-bond donors (Lipinski definition) is 1. The predicted octanol–water partition coefficient (Wildman–Crippen LogP) is 4.16. The molecule has 21 heavy (non-hydrogen) atoms. The van der Waals surface area contributed by atoms with E-state index in [-0.39, 0.29) is 5.41 Å². The molecule has 1 aromatic carbocycles. The second-order valence-corrected chi connectivity index (χ2v) is 7.26. The quantitative estimate of drug-likeness (QED) is 0.864. The van der Waals surface area contributed by atoms with Gasteiger partial charge in [-0.15, -0.1) is 0 Å². The molecule has 1 aromatic rings. The molecule has 0 amide bonds. The zero-order valence-electron chi connectivity index (χ0n) is 12.7. The third-order valence-electron chi connectivity index (χ3n) is 4.82. The van der Waals surface area contributed by atoms with Crippen molar-refractivity contribution in [2.75, 3.05) is 13.7 Å². The molecule has 2 fully saturated rings. The van der Waals surface area contributed by atoms with Crippen LogP contribution in [0.1, 0.15) is 50.5 Å². The van der Waals surface area contributed by atoms with Crippen LogP contribution < -0.4 is 15.2 Å². The van der Waals surface area contributed by atoms with Gasteiger partial charge in [0, 0.05) is 22.0 Å². The van der Waals surface area contributed by atoms with Gasteiger partial charge in [-0.3, -0.25) is 0 Å². The van der Waals surface area contributed by atoms with E-state index in [1.165, 1.54) is 24.8 Å². The molecular weight excluding hydrogens is 330 g/mol. The van der Waals surface area contributed by atoms with E-state index in [9.17, 15) is 0 Å². The molecular formula is C17H24BrNO2. The van der Waals surface area contributed by atoms with Gasteiger partial charge in [-0.05, 0) is 37.8 Å². The fourth-order valence-corrected chi connectivity index (χ4v) is 3.84. The molecule has 2 saturated carbocycles. The minimum Gasteiger partial charge on any atom is -0.493 e. The van der Waals surface area contributed by atoms with Gasteiger partial charge < -0.3 is 15.2 Å². The summed E-state index contributed by atoms with van der Waals surface area (Å²) in [5.41, 5.74) is 7.50. The van der Waals surface area contributed by atoms with Crippen LogP contribution in [0.25, 0.3) is 0 Å². The summed E-state index contributed by atoms with van der Waals surface area (Å²) in [6.45, 7) is 0.674. The minimum absolute atomic E-state index is 0.0412. The van der Waals surface area contributed by atoms with E-state index in [1.54, 1.807) is 7.11 Å². The summed E-state index contributed by atoms with van der Waals surface area (Å²) in [5.74, 6) is 1.75. The van der Waals surface area contributed by atoms with Gasteiger partial charge in [-0.2, -0.15) is 0 Å². The van der Waals surface area contributed by atoms with Crippen LogP contribution in [0, 0.1) is 0 Å². The minimum atomic E-state index is 0.0412. The Kier molecular flexibility index (Phi) is 4.46. The summed E-state index contributed by atoms with van der Waals surface area (Å²) in [5, 5.41) is 0. The van der Waals surface area contributed by atoms with Crippen molar-refractivity contribution in [3.8, 4) is 11.5 Å². The van der Waals surface area contributed by atoms with E-state index >= 15 is 0 Å². The van der Waals surface area contributed by atoms with E-state index in [0.29, 0.717) is 12.6 Å². The lowest BCUT2D eigenvalue weighted by Crippen LogP contribution is -2.37. The highest BCUT2D eigenvalue weighted by Gasteiger charge is 2.38. The molecule has 0 aliphatic heterocycles. The van der Waals surface area contributed by atoms with Crippen molar-refractivity contribution in [2.45, 2.75) is 56.5 Å². The Balaban J connectivity index is 2.07. The van der Waals surface area contributed by atoms with Crippen LogP contribution in [0.5, 0.6) is 11.5 Å². The summed E-state index contributed by atoms with van der Waals surface area (Å²) in [4.78, 5) is 0. The molecule has 116 valence electrons. The monoisotopic (exact) mass is 353 g/mol. The third kappa shape index (κ3) is 3.07. The first-order valence-corrected chi connectivity index (χ1v) is 8.72. The van der Waals surface area contributed by atoms with Crippen LogP contribution in [0.2, 0.25) is 0 Å². The van der Waals surface area contributed by atoms with Gasteiger partial charge >= 0.3 is 0 Å². The molecule has 3 rings (SSSR count). The van der Waals surface area contributed by atoms with Crippen LogP contribution in [0.3, 0.4) is 0 Å². The van der Waals surface area contributed by atoms with E-state index in [4.69, 9.17) is 15.2 Å². The molecule has 4 heteroatoms. The molecule has 0 aromatic heterocycles. The van der Waals surface area contributed by atoms with Crippen LogP contribution >= 0.6 is 15.9 Å². The summed E-state index contributed by atoms with van der Waals surface area (Å²) < 4.78 is 12.8. The molecule has 0 radical (unpaired) electrons. The summed E-state index contributed by atoms with van der Waals surface area (Å²) in [6.07, 6.45) is 8.74. The van der Waals surface area contributed by atoms with E-state index in [1.807, 2.05) is 6.07 Å². The van der Waals surface area contributed by atoms with Gasteiger partial charge in [0.25, 0.3) is 0 Å². The molecule has 0 bridgehead atoms. The first-order valence-electron chi connectivity index (χ1n) is 7.93. The molecule has 0 unspecified atom stereocenters. The fraction of sp³-hybridized carbons (Fsp3) is 0.647. The molecule has 0 spiro atoms. The van der Waals surface area contributed by atoms with E-state index < -0.39 is 0 Å². The van der Waals surface area contributed by atoms with Crippen molar-refractivity contribution < 1.29 is 9.47 Å². The van der Waals surface area contributed by atoms with Crippen LogP contribution in [0.4, 0.5) is 0 Å². The maximum atomic E-state index is 6.22. The van der Waals surface area contributed by atoms with Crippen molar-refractivity contribution >= 4 is 15.9 Å². The third-order valence-corrected chi connectivity index (χ3v) is 5.28. The maximum Gasteiger partial charge on any atom is 0.165 e. The largest absolute Gasteiger partial charge is 0.493 e. The SMILES string of the molecule is COc1cc(Br)cc(C2(CN)CCCCC2)c1OC1CC1. The van der Waals surface area contributed by atoms with Crippen LogP contribution in [0.15, 0.2) is 16.6 Å². The lowest BCUT2D eigenvalue weighted by Gasteiger charge is -2.38. The molecule has 2 N–H and O–H groups in total. The average molecular weight is 354 g/mol.